The second-order valence-corrected chi connectivity index (χ2v) is 4.99. The molecule has 0 heterocycles. The molecule has 98 valence electrons. The molecular formula is C14H20FN3. The van der Waals surface area contributed by atoms with E-state index in [9.17, 15) is 4.39 Å². The molecule has 1 saturated carbocycles. The molecule has 0 radical (unpaired) electrons. The third-order valence-corrected chi connectivity index (χ3v) is 3.07. The molecule has 0 spiro atoms. The molecule has 3 nitrogen and oxygen atoms in total. The van der Waals surface area contributed by atoms with Gasteiger partial charge in [-0.15, -0.1) is 0 Å². The number of halogens is 1. The van der Waals surface area contributed by atoms with E-state index in [1.54, 1.807) is 13.1 Å². The summed E-state index contributed by atoms with van der Waals surface area (Å²) in [4.78, 5) is 4.16. The van der Waals surface area contributed by atoms with Gasteiger partial charge >= 0.3 is 0 Å². The van der Waals surface area contributed by atoms with Gasteiger partial charge in [0.25, 0.3) is 0 Å². The molecule has 0 aromatic heterocycles. The maximum Gasteiger partial charge on any atom is 0.191 e. The van der Waals surface area contributed by atoms with E-state index in [1.807, 2.05) is 12.1 Å². The molecule has 0 bridgehead atoms. The zero-order valence-corrected chi connectivity index (χ0v) is 11.1. The van der Waals surface area contributed by atoms with E-state index < -0.39 is 0 Å². The summed E-state index contributed by atoms with van der Waals surface area (Å²) < 4.78 is 13.6. The van der Waals surface area contributed by atoms with Crippen molar-refractivity contribution in [3.8, 4) is 0 Å². The first kappa shape index (κ1) is 12.9. The normalized spacial score (nSPS) is 23.1. The number of aliphatic imine (C=N–C) groups is 1. The van der Waals surface area contributed by atoms with Gasteiger partial charge in [0.2, 0.25) is 0 Å². The Bertz CT molecular complexity index is 442. The van der Waals surface area contributed by atoms with Crippen molar-refractivity contribution in [2.75, 3.05) is 7.05 Å². The quantitative estimate of drug-likeness (QED) is 0.637. The van der Waals surface area contributed by atoms with Crippen molar-refractivity contribution in [2.24, 2.45) is 4.99 Å². The van der Waals surface area contributed by atoms with Crippen molar-refractivity contribution < 1.29 is 4.39 Å². The van der Waals surface area contributed by atoms with E-state index in [4.69, 9.17) is 0 Å². The summed E-state index contributed by atoms with van der Waals surface area (Å²) in [6, 6.07) is 7.61. The minimum atomic E-state index is -0.112. The molecule has 2 rings (SSSR count). The second kappa shape index (κ2) is 5.38. The summed E-state index contributed by atoms with van der Waals surface area (Å²) in [5, 5.41) is 6.55. The van der Waals surface area contributed by atoms with Crippen molar-refractivity contribution in [1.82, 2.24) is 10.6 Å². The number of hydrogen-bond acceptors (Lipinski definition) is 1. The average molecular weight is 249 g/mol. The molecular weight excluding hydrogens is 229 g/mol. The summed E-state index contributed by atoms with van der Waals surface area (Å²) in [5.74, 6) is 0.935. The predicted octanol–water partition coefficient (Wildman–Crippen LogP) is 2.25. The highest BCUT2D eigenvalue weighted by molar-refractivity contribution is 5.80. The predicted molar refractivity (Wildman–Crippen MR) is 72.3 cm³/mol. The summed E-state index contributed by atoms with van der Waals surface area (Å²) in [6.07, 6.45) is 0.958. The fraction of sp³-hybridized carbons (Fsp3) is 0.500. The van der Waals surface area contributed by atoms with E-state index in [-0.39, 0.29) is 17.8 Å². The van der Waals surface area contributed by atoms with Crippen LogP contribution in [0, 0.1) is 5.82 Å². The Balaban J connectivity index is 1.94. The SMILES string of the molecule is CN=C(NC(C)C)NC1CC1c1ccccc1F. The average Bonchev–Trinajstić information content (AvgIpc) is 3.07. The molecule has 2 atom stereocenters. The van der Waals surface area contributed by atoms with Gasteiger partial charge in [0, 0.05) is 25.0 Å². The largest absolute Gasteiger partial charge is 0.354 e. The number of nitrogens with zero attached hydrogens (tertiary/aromatic N) is 1. The minimum Gasteiger partial charge on any atom is -0.354 e. The molecule has 0 aliphatic heterocycles. The first-order valence-corrected chi connectivity index (χ1v) is 6.36. The molecule has 1 aliphatic carbocycles. The third kappa shape index (κ3) is 3.00. The molecule has 1 aromatic carbocycles. The van der Waals surface area contributed by atoms with Crippen molar-refractivity contribution in [2.45, 2.75) is 38.3 Å². The van der Waals surface area contributed by atoms with Crippen molar-refractivity contribution >= 4 is 5.96 Å². The van der Waals surface area contributed by atoms with Crippen LogP contribution in [0.3, 0.4) is 0 Å². The Morgan fingerprint density at radius 3 is 2.72 bits per heavy atom. The number of hydrogen-bond donors (Lipinski definition) is 2. The van der Waals surface area contributed by atoms with Crippen molar-refractivity contribution in [1.29, 1.82) is 0 Å². The summed E-state index contributed by atoms with van der Waals surface area (Å²) in [5.41, 5.74) is 0.801. The Kier molecular flexibility index (Phi) is 3.84. The number of benzene rings is 1. The molecule has 18 heavy (non-hydrogen) atoms. The van der Waals surface area contributed by atoms with Gasteiger partial charge in [-0.3, -0.25) is 4.99 Å². The molecule has 1 aromatic rings. The molecule has 0 amide bonds. The van der Waals surface area contributed by atoms with Crippen LogP contribution in [-0.4, -0.2) is 25.1 Å². The van der Waals surface area contributed by atoms with Crippen LogP contribution < -0.4 is 10.6 Å². The Morgan fingerprint density at radius 1 is 1.39 bits per heavy atom. The summed E-state index contributed by atoms with van der Waals surface area (Å²) in [6.45, 7) is 4.13. The standard InChI is InChI=1S/C14H20FN3/c1-9(2)17-14(16-3)18-13-8-11(13)10-6-4-5-7-12(10)15/h4-7,9,11,13H,8H2,1-3H3,(H2,16,17,18). The highest BCUT2D eigenvalue weighted by atomic mass is 19.1. The van der Waals surface area contributed by atoms with Crippen molar-refractivity contribution in [3.05, 3.63) is 35.6 Å². The molecule has 1 fully saturated rings. The lowest BCUT2D eigenvalue weighted by Gasteiger charge is -2.14. The van der Waals surface area contributed by atoms with Gasteiger partial charge in [-0.2, -0.15) is 0 Å². The Morgan fingerprint density at radius 2 is 2.11 bits per heavy atom. The van der Waals surface area contributed by atoms with Crippen LogP contribution in [0.4, 0.5) is 4.39 Å². The number of guanidine groups is 1. The topological polar surface area (TPSA) is 36.4 Å². The fourth-order valence-corrected chi connectivity index (χ4v) is 2.09. The zero-order valence-electron chi connectivity index (χ0n) is 11.1. The maximum absolute atomic E-state index is 13.6. The lowest BCUT2D eigenvalue weighted by atomic mass is 10.1. The maximum atomic E-state index is 13.6. The van der Waals surface area contributed by atoms with Gasteiger partial charge in [-0.05, 0) is 31.9 Å². The second-order valence-electron chi connectivity index (χ2n) is 4.99. The van der Waals surface area contributed by atoms with Crippen LogP contribution in [0.15, 0.2) is 29.3 Å². The highest BCUT2D eigenvalue weighted by Crippen LogP contribution is 2.41. The molecule has 0 saturated heterocycles. The minimum absolute atomic E-state index is 0.112. The van der Waals surface area contributed by atoms with Crippen LogP contribution in [0.2, 0.25) is 0 Å². The Hall–Kier alpha value is -1.58. The first-order valence-electron chi connectivity index (χ1n) is 6.36. The van der Waals surface area contributed by atoms with Gasteiger partial charge in [0.15, 0.2) is 5.96 Å². The highest BCUT2D eigenvalue weighted by Gasteiger charge is 2.40. The van der Waals surface area contributed by atoms with Gasteiger partial charge in [0.05, 0.1) is 0 Å². The monoisotopic (exact) mass is 249 g/mol. The van der Waals surface area contributed by atoms with E-state index in [2.05, 4.69) is 29.5 Å². The van der Waals surface area contributed by atoms with Gasteiger partial charge in [-0.1, -0.05) is 18.2 Å². The van der Waals surface area contributed by atoms with E-state index in [0.717, 1.165) is 17.9 Å². The Labute approximate surface area is 108 Å². The number of nitrogens with one attached hydrogen (secondary N) is 2. The van der Waals surface area contributed by atoms with E-state index >= 15 is 0 Å². The summed E-state index contributed by atoms with van der Waals surface area (Å²) >= 11 is 0. The molecule has 4 heteroatoms. The lowest BCUT2D eigenvalue weighted by Crippen LogP contribution is -2.42. The summed E-state index contributed by atoms with van der Waals surface area (Å²) in [7, 11) is 1.75. The zero-order chi connectivity index (χ0) is 13.1. The third-order valence-electron chi connectivity index (χ3n) is 3.07. The van der Waals surface area contributed by atoms with Crippen molar-refractivity contribution in [3.63, 3.8) is 0 Å². The molecule has 1 aliphatic rings. The lowest BCUT2D eigenvalue weighted by molar-refractivity contribution is 0.607. The van der Waals surface area contributed by atoms with E-state index in [1.165, 1.54) is 6.07 Å². The van der Waals surface area contributed by atoms with Gasteiger partial charge in [0.1, 0.15) is 5.82 Å². The van der Waals surface area contributed by atoms with Crippen LogP contribution in [0.5, 0.6) is 0 Å². The van der Waals surface area contributed by atoms with Gasteiger partial charge < -0.3 is 10.6 Å². The van der Waals surface area contributed by atoms with Crippen LogP contribution >= 0.6 is 0 Å². The first-order chi connectivity index (χ1) is 8.61. The molecule has 2 N–H and O–H groups in total. The van der Waals surface area contributed by atoms with Gasteiger partial charge in [-0.25, -0.2) is 4.39 Å². The fourth-order valence-electron chi connectivity index (χ4n) is 2.09. The molecule has 2 unspecified atom stereocenters. The van der Waals surface area contributed by atoms with Crippen LogP contribution in [0.1, 0.15) is 31.7 Å². The van der Waals surface area contributed by atoms with Crippen LogP contribution in [0.25, 0.3) is 0 Å². The van der Waals surface area contributed by atoms with Crippen LogP contribution in [-0.2, 0) is 0 Å². The smallest absolute Gasteiger partial charge is 0.191 e. The number of rotatable bonds is 3. The van der Waals surface area contributed by atoms with E-state index in [0.29, 0.717) is 6.04 Å².